The number of rotatable bonds is 10. The first-order valence-corrected chi connectivity index (χ1v) is 15.2. The Morgan fingerprint density at radius 3 is 2.22 bits per heavy atom. The monoisotopic (exact) mass is 617 g/mol. The number of amidine groups is 1. The third-order valence-corrected chi connectivity index (χ3v) is 8.07. The van der Waals surface area contributed by atoms with Gasteiger partial charge >= 0.3 is 0 Å². The van der Waals surface area contributed by atoms with Crippen molar-refractivity contribution < 1.29 is 19.2 Å². The molecule has 1 unspecified atom stereocenters. The zero-order valence-corrected chi connectivity index (χ0v) is 25.3. The van der Waals surface area contributed by atoms with Gasteiger partial charge in [0.2, 0.25) is 5.91 Å². The van der Waals surface area contributed by atoms with Crippen LogP contribution in [0.15, 0.2) is 131 Å². The van der Waals surface area contributed by atoms with Gasteiger partial charge in [0.05, 0.1) is 17.4 Å². The van der Waals surface area contributed by atoms with Crippen LogP contribution in [0.4, 0.5) is 11.4 Å². The Bertz CT molecular complexity index is 1740. The summed E-state index contributed by atoms with van der Waals surface area (Å²) in [4.78, 5) is 52.7. The second-order valence-electron chi connectivity index (χ2n) is 10.0. The van der Waals surface area contributed by atoms with Crippen LogP contribution < -0.4 is 21.0 Å². The molecule has 0 aromatic heterocycles. The number of thioether (sulfide) groups is 1. The van der Waals surface area contributed by atoms with Gasteiger partial charge in [0.1, 0.15) is 11.5 Å². The van der Waals surface area contributed by atoms with E-state index in [-0.39, 0.29) is 23.9 Å². The molecule has 226 valence electrons. The summed E-state index contributed by atoms with van der Waals surface area (Å²) in [5, 5.41) is 13.5. The van der Waals surface area contributed by atoms with Crippen LogP contribution in [0.1, 0.15) is 35.7 Å². The molecule has 5 rings (SSSR count). The number of anilines is 2. The van der Waals surface area contributed by atoms with Gasteiger partial charge in [-0.2, -0.15) is 10.1 Å². The molecule has 4 aromatic rings. The van der Waals surface area contributed by atoms with Gasteiger partial charge in [-0.3, -0.25) is 19.2 Å². The molecule has 0 fully saturated rings. The lowest BCUT2D eigenvalue weighted by molar-refractivity contribution is -0.119. The molecule has 1 aliphatic rings. The average Bonchev–Trinajstić information content (AvgIpc) is 3.44. The van der Waals surface area contributed by atoms with E-state index >= 15 is 0 Å². The van der Waals surface area contributed by atoms with Crippen molar-refractivity contribution in [3.05, 3.63) is 132 Å². The third-order valence-electron chi connectivity index (χ3n) is 6.72. The van der Waals surface area contributed by atoms with Crippen molar-refractivity contribution in [3.63, 3.8) is 0 Å². The van der Waals surface area contributed by atoms with E-state index in [1.807, 2.05) is 67.6 Å². The molecule has 1 heterocycles. The quantitative estimate of drug-likeness (QED) is 0.153. The minimum Gasteiger partial charge on any atom is -0.321 e. The average molecular weight is 618 g/mol. The smallest absolute Gasteiger partial charge is 0.272 e. The van der Waals surface area contributed by atoms with Gasteiger partial charge in [-0.05, 0) is 60.5 Å². The van der Waals surface area contributed by atoms with E-state index in [9.17, 15) is 19.2 Å². The summed E-state index contributed by atoms with van der Waals surface area (Å²) < 4.78 is 0. The van der Waals surface area contributed by atoms with Crippen LogP contribution in [0.5, 0.6) is 0 Å². The van der Waals surface area contributed by atoms with Crippen molar-refractivity contribution in [2.24, 2.45) is 5.10 Å². The standard InChI is InChI=1S/C35H31N5O4S/c1-2-30(35(44)38-31-23-32(41)40(39-31)27-18-10-5-11-19-27)45-28-20-12-17-26(22-28)36-34(43)29(21-24-13-6-3-7-14-24)37-33(42)25-15-8-4-9-16-25/h3-22,30H,2,23H2,1H3,(H,36,43)(H,37,42)(H,38,39,44)/b29-21-. The molecule has 3 N–H and O–H groups in total. The fraction of sp³-hybridized carbons (Fsp3) is 0.114. The Hall–Kier alpha value is -5.48. The first-order valence-electron chi connectivity index (χ1n) is 14.4. The minimum atomic E-state index is -0.498. The van der Waals surface area contributed by atoms with E-state index in [2.05, 4.69) is 21.1 Å². The summed E-state index contributed by atoms with van der Waals surface area (Å²) >= 11 is 1.34. The van der Waals surface area contributed by atoms with Gasteiger partial charge in [-0.1, -0.05) is 79.7 Å². The van der Waals surface area contributed by atoms with Crippen LogP contribution in [0, 0.1) is 0 Å². The summed E-state index contributed by atoms with van der Waals surface area (Å²) in [7, 11) is 0. The molecule has 0 bridgehead atoms. The third kappa shape index (κ3) is 8.33. The van der Waals surface area contributed by atoms with Gasteiger partial charge in [0, 0.05) is 16.1 Å². The molecule has 0 spiro atoms. The maximum atomic E-state index is 13.4. The van der Waals surface area contributed by atoms with Crippen molar-refractivity contribution in [2.45, 2.75) is 29.9 Å². The molecule has 45 heavy (non-hydrogen) atoms. The van der Waals surface area contributed by atoms with Crippen LogP contribution in [0.3, 0.4) is 0 Å². The number of hydrogen-bond donors (Lipinski definition) is 3. The Kier molecular flexibility index (Phi) is 10.2. The van der Waals surface area contributed by atoms with E-state index in [0.717, 1.165) is 10.5 Å². The second kappa shape index (κ2) is 14.8. The molecule has 0 aliphatic carbocycles. The minimum absolute atomic E-state index is 0.00287. The summed E-state index contributed by atoms with van der Waals surface area (Å²) in [5.41, 5.74) is 2.38. The van der Waals surface area contributed by atoms with Crippen molar-refractivity contribution in [1.29, 1.82) is 0 Å². The Balaban J connectivity index is 1.26. The number of nitrogens with zero attached hydrogens (tertiary/aromatic N) is 2. The van der Waals surface area contributed by atoms with Gasteiger partial charge in [0.25, 0.3) is 17.7 Å². The second-order valence-corrected chi connectivity index (χ2v) is 11.3. The maximum Gasteiger partial charge on any atom is 0.272 e. The SMILES string of the molecule is CCC(Sc1cccc(NC(=O)/C(=C/c2ccccc2)NC(=O)c2ccccc2)c1)C(=O)NC1=NN(c2ccccc2)C(=O)C1. The Morgan fingerprint density at radius 2 is 1.53 bits per heavy atom. The highest BCUT2D eigenvalue weighted by atomic mass is 32.2. The number of nitrogens with one attached hydrogen (secondary N) is 3. The predicted molar refractivity (Wildman–Crippen MR) is 177 cm³/mol. The Labute approximate surface area is 265 Å². The summed E-state index contributed by atoms with van der Waals surface area (Å²) in [6.45, 7) is 1.90. The topological polar surface area (TPSA) is 120 Å². The van der Waals surface area contributed by atoms with Gasteiger partial charge in [-0.15, -0.1) is 11.8 Å². The van der Waals surface area contributed by atoms with Gasteiger partial charge in [0.15, 0.2) is 0 Å². The number of amides is 4. The van der Waals surface area contributed by atoms with Crippen molar-refractivity contribution in [3.8, 4) is 0 Å². The fourth-order valence-corrected chi connectivity index (χ4v) is 5.50. The largest absolute Gasteiger partial charge is 0.321 e. The van der Waals surface area contributed by atoms with E-state index in [1.165, 1.54) is 16.8 Å². The molecule has 1 aliphatic heterocycles. The lowest BCUT2D eigenvalue weighted by atomic mass is 10.1. The molecular weight excluding hydrogens is 586 g/mol. The predicted octanol–water partition coefficient (Wildman–Crippen LogP) is 5.83. The molecule has 0 saturated heterocycles. The number of para-hydroxylation sites is 1. The van der Waals surface area contributed by atoms with Crippen molar-refractivity contribution in [1.82, 2.24) is 10.6 Å². The fourth-order valence-electron chi connectivity index (χ4n) is 4.48. The zero-order valence-electron chi connectivity index (χ0n) is 24.5. The molecule has 4 amide bonds. The van der Waals surface area contributed by atoms with Gasteiger partial charge in [-0.25, -0.2) is 0 Å². The number of benzene rings is 4. The first-order chi connectivity index (χ1) is 21.9. The number of hydrogen-bond acceptors (Lipinski definition) is 6. The normalized spacial score (nSPS) is 13.5. The molecule has 1 atom stereocenters. The van der Waals surface area contributed by atoms with E-state index in [4.69, 9.17) is 0 Å². The molecule has 4 aromatic carbocycles. The van der Waals surface area contributed by atoms with E-state index < -0.39 is 17.1 Å². The first kappa shape index (κ1) is 31.0. The highest BCUT2D eigenvalue weighted by Gasteiger charge is 2.28. The maximum absolute atomic E-state index is 13.4. The van der Waals surface area contributed by atoms with Crippen molar-refractivity contribution in [2.75, 3.05) is 10.3 Å². The van der Waals surface area contributed by atoms with Crippen LogP contribution in [-0.4, -0.2) is 34.7 Å². The van der Waals surface area contributed by atoms with Gasteiger partial charge < -0.3 is 16.0 Å². The molecule has 0 radical (unpaired) electrons. The Morgan fingerprint density at radius 1 is 0.867 bits per heavy atom. The van der Waals surface area contributed by atoms with Crippen LogP contribution in [-0.2, 0) is 14.4 Å². The van der Waals surface area contributed by atoms with E-state index in [1.54, 1.807) is 60.7 Å². The molecule has 10 heteroatoms. The molecular formula is C35H31N5O4S. The van der Waals surface area contributed by atoms with E-state index in [0.29, 0.717) is 29.2 Å². The summed E-state index contributed by atoms with van der Waals surface area (Å²) in [5.74, 6) is -1.10. The van der Waals surface area contributed by atoms with Crippen LogP contribution >= 0.6 is 11.8 Å². The lowest BCUT2D eigenvalue weighted by Crippen LogP contribution is -2.36. The number of hydrazone groups is 1. The molecule has 0 saturated carbocycles. The zero-order chi connectivity index (χ0) is 31.6. The lowest BCUT2D eigenvalue weighted by Gasteiger charge is -2.15. The summed E-state index contributed by atoms with van der Waals surface area (Å²) in [6, 6.07) is 34.1. The number of carbonyl (C=O) groups is 4. The highest BCUT2D eigenvalue weighted by molar-refractivity contribution is 8.00. The van der Waals surface area contributed by atoms with Crippen LogP contribution in [0.25, 0.3) is 6.08 Å². The molecule has 9 nitrogen and oxygen atoms in total. The summed E-state index contributed by atoms with van der Waals surface area (Å²) in [6.07, 6.45) is 2.14. The highest BCUT2D eigenvalue weighted by Crippen LogP contribution is 2.28. The van der Waals surface area contributed by atoms with Crippen molar-refractivity contribution >= 4 is 58.7 Å². The number of carbonyl (C=O) groups excluding carboxylic acids is 4. The van der Waals surface area contributed by atoms with Crippen LogP contribution in [0.2, 0.25) is 0 Å².